The van der Waals surface area contributed by atoms with E-state index in [1.807, 2.05) is 0 Å². The minimum Gasteiger partial charge on any atom is -0.322 e. The number of carbonyl (C=O) groups is 1. The summed E-state index contributed by atoms with van der Waals surface area (Å²) < 4.78 is 51.9. The van der Waals surface area contributed by atoms with Crippen molar-refractivity contribution < 1.29 is 21.6 Å². The summed E-state index contributed by atoms with van der Waals surface area (Å²) in [6.07, 6.45) is 1.03. The monoisotopic (exact) mass is 439 g/mol. The second kappa shape index (κ2) is 8.93. The predicted molar refractivity (Wildman–Crippen MR) is 114 cm³/mol. The number of anilines is 2. The summed E-state index contributed by atoms with van der Waals surface area (Å²) in [5, 5.41) is 2.68. The van der Waals surface area contributed by atoms with Crippen molar-refractivity contribution in [3.8, 4) is 0 Å². The summed E-state index contributed by atoms with van der Waals surface area (Å²) in [5.74, 6) is -0.490. The highest BCUT2D eigenvalue weighted by Gasteiger charge is 2.23. The Labute approximate surface area is 172 Å². The number of rotatable bonds is 8. The van der Waals surface area contributed by atoms with E-state index >= 15 is 0 Å². The largest absolute Gasteiger partial charge is 0.322 e. The molecule has 29 heavy (non-hydrogen) atoms. The van der Waals surface area contributed by atoms with Crippen LogP contribution in [0.5, 0.6) is 0 Å². The number of hydrogen-bond acceptors (Lipinski definition) is 5. The molecule has 0 aliphatic carbocycles. The van der Waals surface area contributed by atoms with Crippen molar-refractivity contribution in [3.05, 3.63) is 53.6 Å². The van der Waals surface area contributed by atoms with Gasteiger partial charge in [0, 0.05) is 24.3 Å². The van der Waals surface area contributed by atoms with Crippen LogP contribution in [0, 0.1) is 6.92 Å². The summed E-state index contributed by atoms with van der Waals surface area (Å²) in [6, 6.07) is 10.7. The van der Waals surface area contributed by atoms with Gasteiger partial charge in [-0.05, 0) is 42.8 Å². The number of amides is 1. The maximum Gasteiger partial charge on any atom is 0.255 e. The fraction of sp³-hybridized carbons (Fsp3) is 0.316. The lowest BCUT2D eigenvalue weighted by Gasteiger charge is -2.19. The molecule has 2 aromatic carbocycles. The van der Waals surface area contributed by atoms with Gasteiger partial charge in [-0.15, -0.1) is 0 Å². The van der Waals surface area contributed by atoms with E-state index in [9.17, 15) is 21.6 Å². The van der Waals surface area contributed by atoms with Crippen molar-refractivity contribution in [2.45, 2.75) is 25.7 Å². The minimum atomic E-state index is -3.70. The highest BCUT2D eigenvalue weighted by atomic mass is 32.2. The van der Waals surface area contributed by atoms with Gasteiger partial charge in [-0.3, -0.25) is 9.52 Å². The normalized spacial score (nSPS) is 12.0. The first-order chi connectivity index (χ1) is 13.5. The van der Waals surface area contributed by atoms with Gasteiger partial charge in [0.25, 0.3) is 5.91 Å². The molecule has 0 aliphatic rings. The lowest BCUT2D eigenvalue weighted by molar-refractivity contribution is 0.102. The molecule has 0 aliphatic heterocycles. The Morgan fingerprint density at radius 2 is 1.59 bits per heavy atom. The van der Waals surface area contributed by atoms with Crippen LogP contribution in [0.4, 0.5) is 11.4 Å². The van der Waals surface area contributed by atoms with Crippen LogP contribution in [-0.2, 0) is 20.0 Å². The van der Waals surface area contributed by atoms with Crippen molar-refractivity contribution in [3.63, 3.8) is 0 Å². The molecule has 0 aromatic heterocycles. The molecule has 0 heterocycles. The van der Waals surface area contributed by atoms with Crippen LogP contribution in [0.25, 0.3) is 0 Å². The van der Waals surface area contributed by atoms with Crippen LogP contribution in [-0.4, -0.2) is 46.4 Å². The molecule has 0 saturated carbocycles. The Morgan fingerprint density at radius 3 is 2.17 bits per heavy atom. The molecule has 10 heteroatoms. The Bertz CT molecular complexity index is 1110. The van der Waals surface area contributed by atoms with Gasteiger partial charge in [-0.25, -0.2) is 16.8 Å². The van der Waals surface area contributed by atoms with Crippen LogP contribution in [0.1, 0.15) is 29.8 Å². The molecule has 0 spiro atoms. The Morgan fingerprint density at radius 1 is 0.966 bits per heavy atom. The molecule has 1 amide bonds. The summed E-state index contributed by atoms with van der Waals surface area (Å²) in [4.78, 5) is 12.8. The number of hydrogen-bond donors (Lipinski definition) is 2. The fourth-order valence-corrected chi connectivity index (χ4v) is 4.83. The van der Waals surface area contributed by atoms with Gasteiger partial charge in [0.2, 0.25) is 20.0 Å². The molecular formula is C19H25N3O5S2. The Kier molecular flexibility index (Phi) is 7.04. The lowest BCUT2D eigenvalue weighted by atomic mass is 10.1. The molecule has 0 unspecified atom stereocenters. The van der Waals surface area contributed by atoms with Crippen molar-refractivity contribution in [2.75, 3.05) is 29.4 Å². The number of nitrogens with zero attached hydrogens (tertiary/aromatic N) is 1. The molecule has 0 saturated heterocycles. The van der Waals surface area contributed by atoms with Crippen LogP contribution in [0.2, 0.25) is 0 Å². The van der Waals surface area contributed by atoms with E-state index < -0.39 is 26.0 Å². The molecule has 2 aromatic rings. The van der Waals surface area contributed by atoms with E-state index in [0.717, 1.165) is 6.26 Å². The minimum absolute atomic E-state index is 0.0458. The molecule has 2 N–H and O–H groups in total. The predicted octanol–water partition coefficient (Wildman–Crippen LogP) is 2.65. The van der Waals surface area contributed by atoms with Crippen LogP contribution in [0.15, 0.2) is 47.4 Å². The molecule has 8 nitrogen and oxygen atoms in total. The van der Waals surface area contributed by atoms with Gasteiger partial charge in [-0.2, -0.15) is 4.31 Å². The number of sulfonamides is 2. The molecule has 158 valence electrons. The molecule has 0 atom stereocenters. The van der Waals surface area contributed by atoms with E-state index in [1.165, 1.54) is 22.5 Å². The van der Waals surface area contributed by atoms with Crippen molar-refractivity contribution in [1.29, 1.82) is 0 Å². The third kappa shape index (κ3) is 5.78. The summed E-state index contributed by atoms with van der Waals surface area (Å²) in [7, 11) is -7.15. The average molecular weight is 440 g/mol. The molecule has 0 radical (unpaired) electrons. The first-order valence-corrected chi connectivity index (χ1v) is 12.3. The maximum absolute atomic E-state index is 12.8. The Balaban J connectivity index is 2.34. The van der Waals surface area contributed by atoms with Gasteiger partial charge >= 0.3 is 0 Å². The smallest absolute Gasteiger partial charge is 0.255 e. The first-order valence-electron chi connectivity index (χ1n) is 8.98. The van der Waals surface area contributed by atoms with Gasteiger partial charge in [0.05, 0.1) is 16.8 Å². The van der Waals surface area contributed by atoms with Gasteiger partial charge < -0.3 is 5.32 Å². The van der Waals surface area contributed by atoms with E-state index in [0.29, 0.717) is 30.0 Å². The number of aryl methyl sites for hydroxylation is 1. The zero-order chi connectivity index (χ0) is 21.8. The van der Waals surface area contributed by atoms with Crippen LogP contribution >= 0.6 is 0 Å². The zero-order valence-electron chi connectivity index (χ0n) is 16.8. The van der Waals surface area contributed by atoms with E-state index in [-0.39, 0.29) is 10.5 Å². The summed E-state index contributed by atoms with van der Waals surface area (Å²) >= 11 is 0. The number of benzene rings is 2. The van der Waals surface area contributed by atoms with Crippen LogP contribution in [0.3, 0.4) is 0 Å². The van der Waals surface area contributed by atoms with Crippen molar-refractivity contribution in [2.24, 2.45) is 0 Å². The molecular weight excluding hydrogens is 414 g/mol. The highest BCUT2D eigenvalue weighted by molar-refractivity contribution is 7.92. The van der Waals surface area contributed by atoms with Crippen molar-refractivity contribution >= 4 is 37.3 Å². The standard InChI is InChI=1S/C19H25N3O5S2/c1-5-22(6-2)29(26,27)17-11-10-14(3)18(13-17)19(23)20-15-8-7-9-16(12-15)21-28(4,24)25/h7-13,21H,5-6H2,1-4H3,(H,20,23). The van der Waals surface area contributed by atoms with Crippen molar-refractivity contribution in [1.82, 2.24) is 4.31 Å². The maximum atomic E-state index is 12.8. The highest BCUT2D eigenvalue weighted by Crippen LogP contribution is 2.22. The topological polar surface area (TPSA) is 113 Å². The van der Waals surface area contributed by atoms with E-state index in [4.69, 9.17) is 0 Å². The molecule has 0 fully saturated rings. The second-order valence-corrected chi connectivity index (χ2v) is 10.2. The van der Waals surface area contributed by atoms with E-state index in [1.54, 1.807) is 45.0 Å². The average Bonchev–Trinajstić information content (AvgIpc) is 2.61. The number of carbonyl (C=O) groups excluding carboxylic acids is 1. The van der Waals surface area contributed by atoms with Gasteiger partial charge in [0.15, 0.2) is 0 Å². The zero-order valence-corrected chi connectivity index (χ0v) is 18.4. The first kappa shape index (κ1) is 22.9. The van der Waals surface area contributed by atoms with Gasteiger partial charge in [0.1, 0.15) is 0 Å². The van der Waals surface area contributed by atoms with E-state index in [2.05, 4.69) is 10.0 Å². The van der Waals surface area contributed by atoms with Gasteiger partial charge in [-0.1, -0.05) is 26.0 Å². The third-order valence-electron chi connectivity index (χ3n) is 4.22. The second-order valence-electron chi connectivity index (χ2n) is 6.48. The molecule has 0 bridgehead atoms. The van der Waals surface area contributed by atoms with Crippen LogP contribution < -0.4 is 10.0 Å². The molecule has 2 rings (SSSR count). The SMILES string of the molecule is CCN(CC)S(=O)(=O)c1ccc(C)c(C(=O)Nc2cccc(NS(C)(=O)=O)c2)c1. The fourth-order valence-electron chi connectivity index (χ4n) is 2.79. The summed E-state index contributed by atoms with van der Waals surface area (Å²) in [5.41, 5.74) is 1.52. The Hall–Kier alpha value is -2.43. The quantitative estimate of drug-likeness (QED) is 0.657. The third-order valence-corrected chi connectivity index (χ3v) is 6.87. The lowest BCUT2D eigenvalue weighted by Crippen LogP contribution is -2.30. The number of nitrogens with one attached hydrogen (secondary N) is 2. The summed E-state index contributed by atoms with van der Waals surface area (Å²) in [6.45, 7) is 5.87.